The topological polar surface area (TPSA) is 84.5 Å². The molecule has 0 aromatic heterocycles. The van der Waals surface area contributed by atoms with E-state index < -0.39 is 34.4 Å². The molecule has 0 saturated heterocycles. The number of alkyl halides is 2. The minimum absolute atomic E-state index is 0.0171. The van der Waals surface area contributed by atoms with Gasteiger partial charge in [0.15, 0.2) is 0 Å². The number of rotatable bonds is 8. The van der Waals surface area contributed by atoms with Gasteiger partial charge in [-0.05, 0) is 79.6 Å². The lowest BCUT2D eigenvalue weighted by Gasteiger charge is -2.16. The van der Waals surface area contributed by atoms with Gasteiger partial charge >= 0.3 is 6.61 Å². The van der Waals surface area contributed by atoms with Crippen molar-refractivity contribution in [3.05, 3.63) is 89.2 Å². The zero-order valence-corrected chi connectivity index (χ0v) is 18.5. The molecule has 1 unspecified atom stereocenters. The van der Waals surface area contributed by atoms with Gasteiger partial charge in [-0.1, -0.05) is 12.1 Å². The first-order valence-corrected chi connectivity index (χ1v) is 11.3. The van der Waals surface area contributed by atoms with Crippen molar-refractivity contribution in [2.75, 3.05) is 4.72 Å². The first-order valence-electron chi connectivity index (χ1n) is 9.80. The number of aryl methyl sites for hydroxylation is 1. The van der Waals surface area contributed by atoms with Crippen LogP contribution in [-0.2, 0) is 10.0 Å². The molecule has 33 heavy (non-hydrogen) atoms. The third kappa shape index (κ3) is 6.26. The second-order valence-corrected chi connectivity index (χ2v) is 8.92. The predicted molar refractivity (Wildman–Crippen MR) is 117 cm³/mol. The number of carbonyl (C=O) groups excluding carboxylic acids is 1. The van der Waals surface area contributed by atoms with Gasteiger partial charge in [-0.3, -0.25) is 9.52 Å². The summed E-state index contributed by atoms with van der Waals surface area (Å²) in [6.07, 6.45) is 0. The van der Waals surface area contributed by atoms with Crippen LogP contribution in [0.4, 0.5) is 18.9 Å². The van der Waals surface area contributed by atoms with Crippen LogP contribution in [0.1, 0.15) is 34.5 Å². The molecule has 1 atom stereocenters. The average molecular weight is 478 g/mol. The number of nitrogens with one attached hydrogen (secondary N) is 2. The van der Waals surface area contributed by atoms with Gasteiger partial charge in [-0.15, -0.1) is 0 Å². The second-order valence-electron chi connectivity index (χ2n) is 7.24. The molecule has 0 aliphatic rings. The van der Waals surface area contributed by atoms with Crippen molar-refractivity contribution in [1.29, 1.82) is 0 Å². The summed E-state index contributed by atoms with van der Waals surface area (Å²) in [7, 11) is -3.94. The summed E-state index contributed by atoms with van der Waals surface area (Å²) >= 11 is 0. The number of sulfonamides is 1. The fourth-order valence-corrected chi connectivity index (χ4v) is 4.15. The van der Waals surface area contributed by atoms with Crippen molar-refractivity contribution in [3.63, 3.8) is 0 Å². The van der Waals surface area contributed by atoms with Crippen LogP contribution in [0.3, 0.4) is 0 Å². The van der Waals surface area contributed by atoms with E-state index in [2.05, 4.69) is 14.8 Å². The van der Waals surface area contributed by atoms with Crippen molar-refractivity contribution in [2.24, 2.45) is 0 Å². The molecule has 3 rings (SSSR count). The number of hydrogen-bond acceptors (Lipinski definition) is 4. The Morgan fingerprint density at radius 1 is 1.00 bits per heavy atom. The third-order valence-corrected chi connectivity index (χ3v) is 6.15. The van der Waals surface area contributed by atoms with E-state index in [1.165, 1.54) is 49.4 Å². The molecule has 0 saturated carbocycles. The first-order chi connectivity index (χ1) is 15.5. The van der Waals surface area contributed by atoms with E-state index in [9.17, 15) is 26.4 Å². The van der Waals surface area contributed by atoms with Gasteiger partial charge in [0.05, 0.1) is 10.9 Å². The highest BCUT2D eigenvalue weighted by Crippen LogP contribution is 2.22. The molecule has 0 aliphatic carbocycles. The quantitative estimate of drug-likeness (QED) is 0.476. The van der Waals surface area contributed by atoms with Crippen LogP contribution in [0.15, 0.2) is 71.6 Å². The summed E-state index contributed by atoms with van der Waals surface area (Å²) in [4.78, 5) is 12.5. The normalized spacial score (nSPS) is 12.3. The monoisotopic (exact) mass is 478 g/mol. The van der Waals surface area contributed by atoms with E-state index in [-0.39, 0.29) is 27.5 Å². The molecular weight excluding hydrogens is 457 g/mol. The van der Waals surface area contributed by atoms with Gasteiger partial charge in [0.25, 0.3) is 15.9 Å². The predicted octanol–water partition coefficient (Wildman–Crippen LogP) is 5.03. The molecule has 0 bridgehead atoms. The Labute approximate surface area is 189 Å². The molecule has 0 radical (unpaired) electrons. The van der Waals surface area contributed by atoms with Crippen LogP contribution in [-0.4, -0.2) is 20.9 Å². The van der Waals surface area contributed by atoms with Gasteiger partial charge in [0.1, 0.15) is 11.6 Å². The Bertz CT molecular complexity index is 1250. The number of benzene rings is 3. The number of hydrogen-bond donors (Lipinski definition) is 2. The largest absolute Gasteiger partial charge is 0.435 e. The van der Waals surface area contributed by atoms with E-state index in [1.807, 2.05) is 0 Å². The van der Waals surface area contributed by atoms with Gasteiger partial charge < -0.3 is 10.1 Å². The van der Waals surface area contributed by atoms with Crippen LogP contribution >= 0.6 is 0 Å². The maximum Gasteiger partial charge on any atom is 0.387 e. The van der Waals surface area contributed by atoms with E-state index in [1.54, 1.807) is 19.1 Å². The molecule has 6 nitrogen and oxygen atoms in total. The molecule has 174 valence electrons. The van der Waals surface area contributed by atoms with Gasteiger partial charge in [0.2, 0.25) is 0 Å². The number of carbonyl (C=O) groups is 1. The molecule has 3 aromatic rings. The molecule has 10 heteroatoms. The SMILES string of the molecule is Cc1cc(S(=O)(=O)Nc2ccc(C(=O)NC(C)c3cccc(OC(F)F)c3)cc2)ccc1F. The van der Waals surface area contributed by atoms with Gasteiger partial charge in [0, 0.05) is 11.3 Å². The lowest BCUT2D eigenvalue weighted by atomic mass is 10.1. The zero-order valence-electron chi connectivity index (χ0n) is 17.7. The number of anilines is 1. The molecular formula is C23H21F3N2O4S. The summed E-state index contributed by atoms with van der Waals surface area (Å²) in [5, 5.41) is 2.74. The van der Waals surface area contributed by atoms with E-state index in [0.717, 1.165) is 12.1 Å². The van der Waals surface area contributed by atoms with E-state index in [4.69, 9.17) is 0 Å². The molecule has 0 heterocycles. The van der Waals surface area contributed by atoms with E-state index >= 15 is 0 Å². The number of halogens is 3. The minimum atomic E-state index is -3.94. The van der Waals surface area contributed by atoms with Crippen LogP contribution < -0.4 is 14.8 Å². The van der Waals surface area contributed by atoms with Crippen molar-refractivity contribution in [1.82, 2.24) is 5.32 Å². The maximum atomic E-state index is 13.4. The lowest BCUT2D eigenvalue weighted by Crippen LogP contribution is -2.26. The summed E-state index contributed by atoms with van der Waals surface area (Å²) in [6.45, 7) is 0.199. The van der Waals surface area contributed by atoms with Crippen molar-refractivity contribution >= 4 is 21.6 Å². The van der Waals surface area contributed by atoms with Crippen LogP contribution in [0.2, 0.25) is 0 Å². The third-order valence-electron chi connectivity index (χ3n) is 4.77. The molecule has 0 aliphatic heterocycles. The fraction of sp³-hybridized carbons (Fsp3) is 0.174. The van der Waals surface area contributed by atoms with Crippen molar-refractivity contribution in [3.8, 4) is 5.75 Å². The number of ether oxygens (including phenoxy) is 1. The smallest absolute Gasteiger partial charge is 0.387 e. The average Bonchev–Trinajstić information content (AvgIpc) is 2.75. The second kappa shape index (κ2) is 9.95. The van der Waals surface area contributed by atoms with E-state index in [0.29, 0.717) is 5.56 Å². The minimum Gasteiger partial charge on any atom is -0.435 e. The Hall–Kier alpha value is -3.53. The van der Waals surface area contributed by atoms with Crippen LogP contribution in [0.5, 0.6) is 5.75 Å². The summed E-state index contributed by atoms with van der Waals surface area (Å²) in [6, 6.07) is 14.7. The zero-order chi connectivity index (χ0) is 24.2. The van der Waals surface area contributed by atoms with Crippen molar-refractivity contribution < 1.29 is 31.1 Å². The first kappa shape index (κ1) is 24.1. The highest BCUT2D eigenvalue weighted by molar-refractivity contribution is 7.92. The Morgan fingerprint density at radius 3 is 2.33 bits per heavy atom. The van der Waals surface area contributed by atoms with Crippen LogP contribution in [0.25, 0.3) is 0 Å². The van der Waals surface area contributed by atoms with Crippen molar-refractivity contribution in [2.45, 2.75) is 31.4 Å². The fourth-order valence-electron chi connectivity index (χ4n) is 3.01. The highest BCUT2D eigenvalue weighted by Gasteiger charge is 2.17. The molecule has 0 spiro atoms. The summed E-state index contributed by atoms with van der Waals surface area (Å²) < 4.78 is 70.0. The number of amides is 1. The standard InChI is InChI=1S/C23H21F3N2O4S/c1-14-12-20(10-11-21(14)24)33(30,31)28-18-8-6-16(7-9-18)22(29)27-15(2)17-4-3-5-19(13-17)32-23(25)26/h3-13,15,23,28H,1-2H3,(H,27,29). The maximum absolute atomic E-state index is 13.4. The molecule has 2 N–H and O–H groups in total. The van der Waals surface area contributed by atoms with Gasteiger partial charge in [-0.25, -0.2) is 12.8 Å². The Morgan fingerprint density at radius 2 is 1.70 bits per heavy atom. The Balaban J connectivity index is 1.67. The molecule has 1 amide bonds. The molecule has 3 aromatic carbocycles. The van der Waals surface area contributed by atoms with Crippen LogP contribution in [0, 0.1) is 12.7 Å². The highest BCUT2D eigenvalue weighted by atomic mass is 32.2. The summed E-state index contributed by atoms with van der Waals surface area (Å²) in [5.41, 5.74) is 1.26. The Kier molecular flexibility index (Phi) is 7.27. The van der Waals surface area contributed by atoms with Gasteiger partial charge in [-0.2, -0.15) is 8.78 Å². The molecule has 0 fully saturated rings. The summed E-state index contributed by atoms with van der Waals surface area (Å²) in [5.74, 6) is -0.963. The lowest BCUT2D eigenvalue weighted by molar-refractivity contribution is -0.0499.